The van der Waals surface area contributed by atoms with Crippen LogP contribution in [-0.2, 0) is 9.53 Å². The summed E-state index contributed by atoms with van der Waals surface area (Å²) < 4.78 is 38.1. The second kappa shape index (κ2) is 9.66. The minimum absolute atomic E-state index is 0.348. The average Bonchev–Trinajstić information content (AvgIpc) is 2.97. The third-order valence-electron chi connectivity index (χ3n) is 5.28. The summed E-state index contributed by atoms with van der Waals surface area (Å²) in [4.78, 5) is 8.90. The number of carboxylic acid groups (broad SMARTS) is 1. The van der Waals surface area contributed by atoms with E-state index in [1.54, 1.807) is 0 Å². The van der Waals surface area contributed by atoms with E-state index in [9.17, 15) is 13.2 Å². The van der Waals surface area contributed by atoms with Crippen LogP contribution >= 0.6 is 0 Å². The van der Waals surface area contributed by atoms with Crippen molar-refractivity contribution < 1.29 is 27.8 Å². The second-order valence-electron chi connectivity index (χ2n) is 6.19. The Hall–Kier alpha value is -0.563. The zero-order valence-electron chi connectivity index (χ0n) is 14.8. The van der Waals surface area contributed by atoms with E-state index in [1.807, 2.05) is 0 Å². The molecule has 1 unspecified atom stereocenters. The fourth-order valence-corrected chi connectivity index (χ4v) is 9.01. The largest absolute Gasteiger partial charge is 0.490 e. The van der Waals surface area contributed by atoms with Gasteiger partial charge in [-0.2, -0.15) is 13.2 Å². The molecule has 3 nitrogen and oxygen atoms in total. The van der Waals surface area contributed by atoms with Crippen molar-refractivity contribution >= 4 is 14.0 Å². The summed E-state index contributed by atoms with van der Waals surface area (Å²) in [5.41, 5.74) is 0. The molecule has 0 aliphatic carbocycles. The van der Waals surface area contributed by atoms with Gasteiger partial charge in [0.05, 0.1) is 13.3 Å². The fraction of sp³-hybridized carbons (Fsp3) is 0.938. The monoisotopic (exact) mass is 356 g/mol. The van der Waals surface area contributed by atoms with E-state index in [4.69, 9.17) is 14.6 Å². The summed E-state index contributed by atoms with van der Waals surface area (Å²) >= 11 is 0. The zero-order chi connectivity index (χ0) is 18.1. The lowest BCUT2D eigenvalue weighted by Gasteiger charge is -2.46. The highest BCUT2D eigenvalue weighted by molar-refractivity contribution is 6.82. The van der Waals surface area contributed by atoms with Crippen molar-refractivity contribution in [2.24, 2.45) is 0 Å². The molecule has 0 spiro atoms. The van der Waals surface area contributed by atoms with Crippen molar-refractivity contribution in [2.75, 3.05) is 6.61 Å². The number of aliphatic carboxylic acids is 1. The van der Waals surface area contributed by atoms with E-state index >= 15 is 0 Å². The maximum Gasteiger partial charge on any atom is 0.490 e. The van der Waals surface area contributed by atoms with Crippen molar-refractivity contribution in [1.29, 1.82) is 0 Å². The van der Waals surface area contributed by atoms with E-state index in [-0.39, 0.29) is 0 Å². The summed E-state index contributed by atoms with van der Waals surface area (Å²) in [7, 11) is -1.19. The zero-order valence-corrected chi connectivity index (χ0v) is 15.8. The van der Waals surface area contributed by atoms with Gasteiger partial charge in [-0.05, 0) is 19.3 Å². The van der Waals surface area contributed by atoms with E-state index in [2.05, 4.69) is 27.7 Å². The third kappa shape index (κ3) is 5.78. The molecule has 1 N–H and O–H groups in total. The van der Waals surface area contributed by atoms with Crippen LogP contribution in [0.2, 0.25) is 18.1 Å². The standard InChI is InChI=1S/C14H30OSi.C2HF3O2/c1-5-9-11-14(12-10-13-15-14)16(6-2,7-3)8-4;3-2(4,5)1(6)7/h5-13H2,1-4H3;(H,6,7). The molecule has 23 heavy (non-hydrogen) atoms. The van der Waals surface area contributed by atoms with Gasteiger partial charge in [0.2, 0.25) is 0 Å². The maximum absolute atomic E-state index is 10.6. The number of halogens is 3. The van der Waals surface area contributed by atoms with Gasteiger partial charge in [-0.3, -0.25) is 0 Å². The van der Waals surface area contributed by atoms with Crippen molar-refractivity contribution in [3.05, 3.63) is 0 Å². The van der Waals surface area contributed by atoms with E-state index in [0.29, 0.717) is 5.22 Å². The first-order valence-electron chi connectivity index (χ1n) is 8.58. The number of hydrogen-bond donors (Lipinski definition) is 1. The summed E-state index contributed by atoms with van der Waals surface area (Å²) in [6.45, 7) is 10.6. The molecule has 1 fully saturated rings. The lowest BCUT2D eigenvalue weighted by molar-refractivity contribution is -0.192. The molecule has 0 aromatic heterocycles. The molecule has 0 radical (unpaired) electrons. The molecule has 1 atom stereocenters. The molecule has 1 saturated heterocycles. The average molecular weight is 357 g/mol. The highest BCUT2D eigenvalue weighted by Crippen LogP contribution is 2.44. The number of alkyl halides is 3. The predicted octanol–water partition coefficient (Wildman–Crippen LogP) is 5.41. The third-order valence-corrected chi connectivity index (χ3v) is 11.9. The number of unbranched alkanes of at least 4 members (excludes halogenated alkanes) is 1. The van der Waals surface area contributed by atoms with Gasteiger partial charge in [-0.1, -0.05) is 58.7 Å². The van der Waals surface area contributed by atoms with Gasteiger partial charge in [-0.15, -0.1) is 0 Å². The summed E-state index contributed by atoms with van der Waals surface area (Å²) in [6.07, 6.45) is 1.58. The Morgan fingerprint density at radius 1 is 1.17 bits per heavy atom. The molecular weight excluding hydrogens is 325 g/mol. The number of hydrogen-bond acceptors (Lipinski definition) is 2. The number of carboxylic acids is 1. The Kier molecular flexibility index (Phi) is 9.43. The Bertz CT molecular complexity index is 341. The molecule has 1 heterocycles. The van der Waals surface area contributed by atoms with Crippen LogP contribution in [0.5, 0.6) is 0 Å². The van der Waals surface area contributed by atoms with Crippen LogP contribution < -0.4 is 0 Å². The van der Waals surface area contributed by atoms with Crippen LogP contribution in [0, 0.1) is 0 Å². The molecule has 1 rings (SSSR count). The Morgan fingerprint density at radius 3 is 1.91 bits per heavy atom. The van der Waals surface area contributed by atoms with Gasteiger partial charge in [0, 0.05) is 6.61 Å². The molecule has 0 aromatic rings. The first-order chi connectivity index (χ1) is 10.6. The first-order valence-corrected chi connectivity index (χ1v) is 11.2. The minimum atomic E-state index is -5.08. The molecule has 1 aliphatic rings. The highest BCUT2D eigenvalue weighted by atomic mass is 28.3. The predicted molar refractivity (Wildman–Crippen MR) is 88.3 cm³/mol. The molecule has 0 aromatic carbocycles. The molecule has 138 valence electrons. The quantitative estimate of drug-likeness (QED) is 0.621. The number of carbonyl (C=O) groups is 1. The normalized spacial score (nSPS) is 21.7. The topological polar surface area (TPSA) is 46.5 Å². The molecule has 1 aliphatic heterocycles. The minimum Gasteiger partial charge on any atom is -0.475 e. The van der Waals surface area contributed by atoms with Crippen molar-refractivity contribution in [2.45, 2.75) is 89.3 Å². The summed E-state index contributed by atoms with van der Waals surface area (Å²) in [5.74, 6) is -2.76. The SMILES string of the molecule is CCCCC1([Si](CC)(CC)CC)CCCO1.O=C(O)C(F)(F)F. The van der Waals surface area contributed by atoms with Crippen molar-refractivity contribution in [3.63, 3.8) is 0 Å². The highest BCUT2D eigenvalue weighted by Gasteiger charge is 2.51. The number of rotatable bonds is 7. The maximum atomic E-state index is 10.6. The molecule has 0 saturated carbocycles. The molecule has 0 bridgehead atoms. The smallest absolute Gasteiger partial charge is 0.475 e. The Labute approximate surface area is 138 Å². The Balaban J connectivity index is 0.000000585. The number of ether oxygens (including phenoxy) is 1. The van der Waals surface area contributed by atoms with Gasteiger partial charge in [0.1, 0.15) is 0 Å². The lowest BCUT2D eigenvalue weighted by Crippen LogP contribution is -2.57. The van der Waals surface area contributed by atoms with Crippen LogP contribution in [0.1, 0.15) is 59.8 Å². The van der Waals surface area contributed by atoms with Crippen LogP contribution in [-0.4, -0.2) is 37.2 Å². The van der Waals surface area contributed by atoms with Crippen LogP contribution in [0.4, 0.5) is 13.2 Å². The van der Waals surface area contributed by atoms with Crippen LogP contribution in [0.15, 0.2) is 0 Å². The lowest BCUT2D eigenvalue weighted by atomic mass is 10.1. The van der Waals surface area contributed by atoms with Gasteiger partial charge in [0.25, 0.3) is 0 Å². The van der Waals surface area contributed by atoms with Gasteiger partial charge in [0.15, 0.2) is 0 Å². The molecular formula is C16H31F3O3Si. The van der Waals surface area contributed by atoms with Crippen molar-refractivity contribution in [3.8, 4) is 0 Å². The Morgan fingerprint density at radius 2 is 1.65 bits per heavy atom. The van der Waals surface area contributed by atoms with E-state index < -0.39 is 20.2 Å². The van der Waals surface area contributed by atoms with Gasteiger partial charge >= 0.3 is 12.1 Å². The van der Waals surface area contributed by atoms with Gasteiger partial charge < -0.3 is 9.84 Å². The summed E-state index contributed by atoms with van der Waals surface area (Å²) in [5, 5.41) is 7.47. The summed E-state index contributed by atoms with van der Waals surface area (Å²) in [6, 6.07) is 4.22. The van der Waals surface area contributed by atoms with Crippen molar-refractivity contribution in [1.82, 2.24) is 0 Å². The van der Waals surface area contributed by atoms with E-state index in [0.717, 1.165) is 6.61 Å². The fourth-order valence-electron chi connectivity index (χ4n) is 3.76. The van der Waals surface area contributed by atoms with Crippen LogP contribution in [0.25, 0.3) is 0 Å². The molecule has 7 heteroatoms. The van der Waals surface area contributed by atoms with Crippen LogP contribution in [0.3, 0.4) is 0 Å². The van der Waals surface area contributed by atoms with E-state index in [1.165, 1.54) is 50.2 Å². The van der Waals surface area contributed by atoms with Gasteiger partial charge in [-0.25, -0.2) is 4.79 Å². The second-order valence-corrected chi connectivity index (χ2v) is 11.8. The molecule has 0 amide bonds. The first kappa shape index (κ1) is 22.4.